The van der Waals surface area contributed by atoms with E-state index in [4.69, 9.17) is 14.2 Å². The van der Waals surface area contributed by atoms with Gasteiger partial charge in [-0.2, -0.15) is 0 Å². The molecule has 0 saturated carbocycles. The van der Waals surface area contributed by atoms with Gasteiger partial charge in [0.05, 0.1) is 0 Å². The highest BCUT2D eigenvalue weighted by Crippen LogP contribution is 2.14. The van der Waals surface area contributed by atoms with Crippen LogP contribution in [0.3, 0.4) is 0 Å². The average molecular weight is 317 g/mol. The van der Waals surface area contributed by atoms with E-state index in [2.05, 4.69) is 5.32 Å². The van der Waals surface area contributed by atoms with Gasteiger partial charge < -0.3 is 14.2 Å². The van der Waals surface area contributed by atoms with Gasteiger partial charge in [0.2, 0.25) is 0 Å². The van der Waals surface area contributed by atoms with Crippen molar-refractivity contribution in [1.82, 2.24) is 5.32 Å². The minimum Gasteiger partial charge on any atom is -0.464 e. The monoisotopic (exact) mass is 317 g/mol. The molecular formula is C15H27NO6. The predicted octanol–water partition coefficient (Wildman–Crippen LogP) is 1.05. The van der Waals surface area contributed by atoms with Crippen LogP contribution in [-0.4, -0.2) is 49.3 Å². The van der Waals surface area contributed by atoms with Gasteiger partial charge in [0.15, 0.2) is 0 Å². The Kier molecular flexibility index (Phi) is 8.70. The second-order valence-electron chi connectivity index (χ2n) is 5.80. The fraction of sp³-hybridized carbons (Fsp3) is 0.800. The number of carbonyl (C=O) groups excluding carboxylic acids is 3. The Labute approximate surface area is 131 Å². The molecule has 0 bridgehead atoms. The number of rotatable bonds is 9. The van der Waals surface area contributed by atoms with Crippen molar-refractivity contribution in [2.75, 3.05) is 19.8 Å². The molecule has 0 aliphatic rings. The Bertz CT molecular complexity index is 348. The number of hydrogen-bond donors (Lipinski definition) is 1. The first kappa shape index (κ1) is 20.4. The van der Waals surface area contributed by atoms with Crippen molar-refractivity contribution in [1.29, 1.82) is 0 Å². The summed E-state index contributed by atoms with van der Waals surface area (Å²) in [5.41, 5.74) is -0.979. The number of ether oxygens (including phenoxy) is 3. The molecule has 0 amide bonds. The zero-order valence-electron chi connectivity index (χ0n) is 14.2. The van der Waals surface area contributed by atoms with Crippen molar-refractivity contribution in [3.05, 3.63) is 0 Å². The first-order chi connectivity index (χ1) is 10.1. The van der Waals surface area contributed by atoms with Crippen LogP contribution in [0.5, 0.6) is 0 Å². The normalized spacial score (nSPS) is 12.7. The maximum Gasteiger partial charge on any atom is 0.302 e. The van der Waals surface area contributed by atoms with Gasteiger partial charge in [-0.3, -0.25) is 19.7 Å². The van der Waals surface area contributed by atoms with Crippen molar-refractivity contribution < 1.29 is 28.6 Å². The molecule has 7 heteroatoms. The van der Waals surface area contributed by atoms with Gasteiger partial charge in [0.25, 0.3) is 0 Å². The zero-order valence-corrected chi connectivity index (χ0v) is 14.2. The van der Waals surface area contributed by atoms with Gasteiger partial charge in [-0.25, -0.2) is 0 Å². The molecule has 0 aliphatic heterocycles. The lowest BCUT2D eigenvalue weighted by atomic mass is 9.97. The van der Waals surface area contributed by atoms with E-state index in [0.717, 1.165) is 0 Å². The maximum atomic E-state index is 11.1. The molecule has 0 heterocycles. The Morgan fingerprint density at radius 2 is 1.14 bits per heavy atom. The van der Waals surface area contributed by atoms with E-state index in [9.17, 15) is 14.4 Å². The lowest BCUT2D eigenvalue weighted by Crippen LogP contribution is -2.60. The second-order valence-corrected chi connectivity index (χ2v) is 5.80. The fourth-order valence-corrected chi connectivity index (χ4v) is 1.62. The predicted molar refractivity (Wildman–Crippen MR) is 80.1 cm³/mol. The van der Waals surface area contributed by atoms with Crippen LogP contribution in [0.15, 0.2) is 0 Å². The average Bonchev–Trinajstić information content (AvgIpc) is 2.39. The third-order valence-electron chi connectivity index (χ3n) is 3.19. The molecule has 7 nitrogen and oxygen atoms in total. The molecule has 0 aromatic heterocycles. The third kappa shape index (κ3) is 8.61. The van der Waals surface area contributed by atoms with Gasteiger partial charge in [-0.1, -0.05) is 13.8 Å². The summed E-state index contributed by atoms with van der Waals surface area (Å²) in [4.78, 5) is 33.4. The molecule has 0 aromatic rings. The summed E-state index contributed by atoms with van der Waals surface area (Å²) in [5.74, 6) is -1.11. The van der Waals surface area contributed by atoms with Crippen LogP contribution in [0.2, 0.25) is 0 Å². The number of hydrogen-bond acceptors (Lipinski definition) is 7. The van der Waals surface area contributed by atoms with Crippen molar-refractivity contribution in [3.63, 3.8) is 0 Å². The van der Waals surface area contributed by atoms with E-state index in [1.807, 2.05) is 20.8 Å². The first-order valence-electron chi connectivity index (χ1n) is 7.26. The van der Waals surface area contributed by atoms with Crippen LogP contribution >= 0.6 is 0 Å². The first-order valence-corrected chi connectivity index (χ1v) is 7.26. The number of esters is 3. The van der Waals surface area contributed by atoms with Crippen LogP contribution < -0.4 is 5.32 Å². The third-order valence-corrected chi connectivity index (χ3v) is 3.19. The van der Waals surface area contributed by atoms with Gasteiger partial charge in [-0.05, 0) is 12.8 Å². The molecule has 22 heavy (non-hydrogen) atoms. The van der Waals surface area contributed by atoms with E-state index in [-0.39, 0.29) is 31.8 Å². The molecule has 0 spiro atoms. The Hall–Kier alpha value is -1.63. The lowest BCUT2D eigenvalue weighted by molar-refractivity contribution is -0.154. The Balaban J connectivity index is 5.20. The Morgan fingerprint density at radius 3 is 1.36 bits per heavy atom. The van der Waals surface area contributed by atoms with Crippen molar-refractivity contribution >= 4 is 17.9 Å². The zero-order chi connectivity index (χ0) is 17.3. The van der Waals surface area contributed by atoms with Gasteiger partial charge in [-0.15, -0.1) is 0 Å². The van der Waals surface area contributed by atoms with Crippen molar-refractivity contribution in [2.24, 2.45) is 5.92 Å². The summed E-state index contributed by atoms with van der Waals surface area (Å²) < 4.78 is 15.2. The quantitative estimate of drug-likeness (QED) is 0.502. The number of carbonyl (C=O) groups is 3. The molecule has 1 atom stereocenters. The summed E-state index contributed by atoms with van der Waals surface area (Å²) in [6.07, 6.45) is 0. The molecule has 1 unspecified atom stereocenters. The van der Waals surface area contributed by atoms with Gasteiger partial charge >= 0.3 is 17.9 Å². The van der Waals surface area contributed by atoms with Crippen LogP contribution in [0, 0.1) is 5.92 Å². The smallest absolute Gasteiger partial charge is 0.302 e. The van der Waals surface area contributed by atoms with E-state index in [1.54, 1.807) is 0 Å². The number of nitrogens with one attached hydrogen (secondary N) is 1. The summed E-state index contributed by atoms with van der Waals surface area (Å²) >= 11 is 0. The van der Waals surface area contributed by atoms with Crippen molar-refractivity contribution in [3.8, 4) is 0 Å². The molecule has 128 valence electrons. The largest absolute Gasteiger partial charge is 0.464 e. The molecule has 0 aromatic carbocycles. The summed E-state index contributed by atoms with van der Waals surface area (Å²) in [6.45, 7) is 9.64. The highest BCUT2D eigenvalue weighted by atomic mass is 16.6. The van der Waals surface area contributed by atoms with E-state index < -0.39 is 23.4 Å². The molecular weight excluding hydrogens is 290 g/mol. The minimum absolute atomic E-state index is 0.0293. The second kappa shape index (κ2) is 9.40. The summed E-state index contributed by atoms with van der Waals surface area (Å²) in [5, 5.41) is 3.26. The van der Waals surface area contributed by atoms with Crippen LogP contribution in [0.1, 0.15) is 41.5 Å². The van der Waals surface area contributed by atoms with Crippen LogP contribution in [-0.2, 0) is 28.6 Å². The fourth-order valence-electron chi connectivity index (χ4n) is 1.62. The molecule has 0 saturated heterocycles. The van der Waals surface area contributed by atoms with Gasteiger partial charge in [0.1, 0.15) is 25.4 Å². The van der Waals surface area contributed by atoms with E-state index >= 15 is 0 Å². The highest BCUT2D eigenvalue weighted by Gasteiger charge is 2.36. The van der Waals surface area contributed by atoms with E-state index in [0.29, 0.717) is 0 Å². The minimum atomic E-state index is -0.979. The SMILES string of the molecule is CC(=O)OCC(COC(C)=O)(COC(C)=O)NC(C)C(C)C. The Morgan fingerprint density at radius 1 is 0.818 bits per heavy atom. The summed E-state index contributed by atoms with van der Waals surface area (Å²) in [6, 6.07) is 0.0293. The van der Waals surface area contributed by atoms with Crippen molar-refractivity contribution in [2.45, 2.75) is 53.1 Å². The molecule has 0 aliphatic carbocycles. The molecule has 0 rings (SSSR count). The van der Waals surface area contributed by atoms with Crippen LogP contribution in [0.25, 0.3) is 0 Å². The summed E-state index contributed by atoms with van der Waals surface area (Å²) in [7, 11) is 0. The topological polar surface area (TPSA) is 90.9 Å². The van der Waals surface area contributed by atoms with E-state index in [1.165, 1.54) is 20.8 Å². The van der Waals surface area contributed by atoms with Gasteiger partial charge in [0, 0.05) is 26.8 Å². The molecule has 0 fully saturated rings. The highest BCUT2D eigenvalue weighted by molar-refractivity contribution is 5.67. The molecule has 0 radical (unpaired) electrons. The lowest BCUT2D eigenvalue weighted by Gasteiger charge is -2.36. The maximum absolute atomic E-state index is 11.1. The standard InChI is InChI=1S/C15H27NO6/c1-10(2)11(3)16-15(7-20-12(4)17,8-21-13(5)18)9-22-14(6)19/h10-11,16H,7-9H2,1-6H3. The molecule has 1 N–H and O–H groups in total. The van der Waals surface area contributed by atoms with Crippen LogP contribution in [0.4, 0.5) is 0 Å².